The predicted molar refractivity (Wildman–Crippen MR) is 106 cm³/mol. The molecule has 2 atom stereocenters. The van der Waals surface area contributed by atoms with Crippen LogP contribution in [0.2, 0.25) is 5.02 Å². The van der Waals surface area contributed by atoms with Gasteiger partial charge in [0.25, 0.3) is 0 Å². The normalized spacial score (nSPS) is 21.9. The Morgan fingerprint density at radius 1 is 1.36 bits per heavy atom. The Labute approximate surface area is 169 Å². The summed E-state index contributed by atoms with van der Waals surface area (Å²) in [6.45, 7) is 3.00. The van der Waals surface area contributed by atoms with Crippen LogP contribution < -0.4 is 0 Å². The highest BCUT2D eigenvalue weighted by atomic mass is 35.5. The van der Waals surface area contributed by atoms with Gasteiger partial charge in [0.05, 0.1) is 13.5 Å². The summed E-state index contributed by atoms with van der Waals surface area (Å²) in [5, 5.41) is 12.2. The zero-order chi connectivity index (χ0) is 20.3. The van der Waals surface area contributed by atoms with Crippen LogP contribution in [-0.4, -0.2) is 40.4 Å². The molecular formula is C21H26ClNO5. The molecular weight excluding hydrogens is 382 g/mol. The lowest BCUT2D eigenvalue weighted by molar-refractivity contribution is -0.161. The molecule has 152 valence electrons. The molecule has 6 nitrogen and oxygen atoms in total. The number of aliphatic hydroxyl groups is 1. The number of carbonyl (C=O) groups is 2. The summed E-state index contributed by atoms with van der Waals surface area (Å²) in [4.78, 5) is 23.3. The number of aryl methyl sites for hydroxylation is 2. The Hall–Kier alpha value is -2.05. The number of methoxy groups -OCH3 is 1. The monoisotopic (exact) mass is 407 g/mol. The van der Waals surface area contributed by atoms with Gasteiger partial charge in [-0.1, -0.05) is 18.0 Å². The van der Waals surface area contributed by atoms with Crippen LogP contribution >= 0.6 is 11.6 Å². The average molecular weight is 408 g/mol. The average Bonchev–Trinajstić information content (AvgIpc) is 3.09. The number of ether oxygens (including phenoxy) is 2. The fraction of sp³-hybridized carbons (Fsp3) is 0.524. The molecule has 0 aliphatic carbocycles. The van der Waals surface area contributed by atoms with Gasteiger partial charge in [-0.3, -0.25) is 4.79 Å². The molecule has 1 aliphatic heterocycles. The number of unbranched alkanes of at least 4 members (excludes halogenated alkanes) is 2. The predicted octanol–water partition coefficient (Wildman–Crippen LogP) is 3.77. The van der Waals surface area contributed by atoms with Crippen molar-refractivity contribution in [2.75, 3.05) is 7.11 Å². The van der Waals surface area contributed by atoms with Gasteiger partial charge in [0, 0.05) is 34.6 Å². The Morgan fingerprint density at radius 2 is 2.14 bits per heavy atom. The van der Waals surface area contributed by atoms with Gasteiger partial charge in [0.2, 0.25) is 0 Å². The fourth-order valence-corrected chi connectivity index (χ4v) is 4.05. The molecule has 1 aliphatic rings. The molecule has 1 aromatic carbocycles. The van der Waals surface area contributed by atoms with Crippen molar-refractivity contribution in [3.05, 3.63) is 35.0 Å². The highest BCUT2D eigenvalue weighted by Crippen LogP contribution is 2.32. The number of hydrogen-bond donors (Lipinski definition) is 1. The van der Waals surface area contributed by atoms with Gasteiger partial charge in [0.1, 0.15) is 6.10 Å². The molecule has 2 aromatic rings. The standard InChI is InChI=1S/C21H26ClNO5/c1-14-10-15-11-16(22)7-8-18(15)23(14)9-5-3-4-6-17-12-21(26,20(25)28-17)13-19(24)27-2/h7-8,10-11,17,26H,3-6,9,12-13H2,1-2H3/t17-,21+/m1/s1. The minimum Gasteiger partial charge on any atom is -0.469 e. The molecule has 1 N–H and O–H groups in total. The number of aromatic nitrogens is 1. The second kappa shape index (κ2) is 8.53. The minimum atomic E-state index is -1.75. The summed E-state index contributed by atoms with van der Waals surface area (Å²) >= 11 is 6.07. The third-order valence-corrected chi connectivity index (χ3v) is 5.60. The van der Waals surface area contributed by atoms with Crippen molar-refractivity contribution in [3.63, 3.8) is 0 Å². The first kappa shape index (κ1) is 20.7. The highest BCUT2D eigenvalue weighted by Gasteiger charge is 2.49. The number of rotatable bonds is 8. The van der Waals surface area contributed by atoms with Gasteiger partial charge < -0.3 is 19.1 Å². The van der Waals surface area contributed by atoms with Crippen LogP contribution in [0.4, 0.5) is 0 Å². The molecule has 1 fully saturated rings. The number of benzene rings is 1. The minimum absolute atomic E-state index is 0.142. The molecule has 0 bridgehead atoms. The zero-order valence-electron chi connectivity index (χ0n) is 16.2. The van der Waals surface area contributed by atoms with Crippen LogP contribution in [0.5, 0.6) is 0 Å². The second-order valence-corrected chi connectivity index (χ2v) is 7.94. The summed E-state index contributed by atoms with van der Waals surface area (Å²) in [6.07, 6.45) is 2.98. The number of fused-ring (bicyclic) bond motifs is 1. The van der Waals surface area contributed by atoms with Crippen molar-refractivity contribution in [1.82, 2.24) is 4.57 Å². The first-order chi connectivity index (χ1) is 13.3. The first-order valence-electron chi connectivity index (χ1n) is 9.58. The fourth-order valence-electron chi connectivity index (χ4n) is 3.87. The van der Waals surface area contributed by atoms with E-state index < -0.39 is 17.5 Å². The number of nitrogens with zero attached hydrogens (tertiary/aromatic N) is 1. The van der Waals surface area contributed by atoms with Crippen molar-refractivity contribution < 1.29 is 24.2 Å². The van der Waals surface area contributed by atoms with E-state index in [2.05, 4.69) is 22.3 Å². The molecule has 0 spiro atoms. The maximum Gasteiger partial charge on any atom is 0.339 e. The molecule has 0 radical (unpaired) electrons. The number of hydrogen-bond acceptors (Lipinski definition) is 5. The maximum absolute atomic E-state index is 11.9. The Balaban J connectivity index is 1.45. The Kier molecular flexibility index (Phi) is 6.30. The molecule has 0 unspecified atom stereocenters. The molecule has 7 heteroatoms. The lowest BCUT2D eigenvalue weighted by Crippen LogP contribution is -2.37. The zero-order valence-corrected chi connectivity index (χ0v) is 17.0. The summed E-state index contributed by atoms with van der Waals surface area (Å²) in [7, 11) is 1.23. The van der Waals surface area contributed by atoms with Crippen molar-refractivity contribution >= 4 is 34.4 Å². The van der Waals surface area contributed by atoms with E-state index in [1.165, 1.54) is 18.3 Å². The SMILES string of the molecule is COC(=O)C[C@@]1(O)C[C@@H](CCCCCn2c(C)cc3cc(Cl)ccc32)OC1=O. The molecule has 1 aromatic heterocycles. The summed E-state index contributed by atoms with van der Waals surface area (Å²) in [5.74, 6) is -1.34. The van der Waals surface area contributed by atoms with E-state index in [-0.39, 0.29) is 18.9 Å². The lowest BCUT2D eigenvalue weighted by Gasteiger charge is -2.15. The topological polar surface area (TPSA) is 77.8 Å². The summed E-state index contributed by atoms with van der Waals surface area (Å²) < 4.78 is 12.1. The van der Waals surface area contributed by atoms with Crippen LogP contribution in [0.25, 0.3) is 10.9 Å². The molecule has 0 amide bonds. The molecule has 2 heterocycles. The molecule has 3 rings (SSSR count). The van der Waals surface area contributed by atoms with Crippen LogP contribution in [0.1, 0.15) is 44.2 Å². The third-order valence-electron chi connectivity index (χ3n) is 5.36. The largest absolute Gasteiger partial charge is 0.469 e. The van der Waals surface area contributed by atoms with Crippen LogP contribution in [0.3, 0.4) is 0 Å². The summed E-state index contributed by atoms with van der Waals surface area (Å²) in [5.41, 5.74) is 0.634. The summed E-state index contributed by atoms with van der Waals surface area (Å²) in [6, 6.07) is 8.07. The van der Waals surface area contributed by atoms with E-state index in [9.17, 15) is 14.7 Å². The van der Waals surface area contributed by atoms with Crippen molar-refractivity contribution in [1.29, 1.82) is 0 Å². The highest BCUT2D eigenvalue weighted by molar-refractivity contribution is 6.31. The van der Waals surface area contributed by atoms with Crippen molar-refractivity contribution in [2.45, 2.75) is 63.7 Å². The van der Waals surface area contributed by atoms with Crippen LogP contribution in [0.15, 0.2) is 24.3 Å². The number of carbonyl (C=O) groups excluding carboxylic acids is 2. The van der Waals surface area contributed by atoms with Gasteiger partial charge in [-0.2, -0.15) is 0 Å². The third kappa shape index (κ3) is 4.50. The second-order valence-electron chi connectivity index (χ2n) is 7.51. The van der Waals surface area contributed by atoms with E-state index in [0.717, 1.165) is 36.2 Å². The molecule has 1 saturated heterocycles. The van der Waals surface area contributed by atoms with Gasteiger partial charge in [0.15, 0.2) is 5.60 Å². The van der Waals surface area contributed by atoms with Gasteiger partial charge in [-0.15, -0.1) is 0 Å². The smallest absolute Gasteiger partial charge is 0.339 e. The van der Waals surface area contributed by atoms with E-state index >= 15 is 0 Å². The Bertz CT molecular complexity index is 877. The van der Waals surface area contributed by atoms with Crippen molar-refractivity contribution in [2.24, 2.45) is 0 Å². The Morgan fingerprint density at radius 3 is 2.89 bits per heavy atom. The van der Waals surface area contributed by atoms with E-state index in [4.69, 9.17) is 16.3 Å². The lowest BCUT2D eigenvalue weighted by atomic mass is 9.94. The van der Waals surface area contributed by atoms with E-state index in [1.807, 2.05) is 18.2 Å². The molecule has 28 heavy (non-hydrogen) atoms. The van der Waals surface area contributed by atoms with E-state index in [0.29, 0.717) is 6.42 Å². The van der Waals surface area contributed by atoms with E-state index in [1.54, 1.807) is 0 Å². The number of cyclic esters (lactones) is 1. The van der Waals surface area contributed by atoms with Gasteiger partial charge >= 0.3 is 11.9 Å². The van der Waals surface area contributed by atoms with Crippen LogP contribution in [-0.2, 0) is 25.6 Å². The van der Waals surface area contributed by atoms with Crippen LogP contribution in [0, 0.1) is 6.92 Å². The number of esters is 2. The maximum atomic E-state index is 11.9. The van der Waals surface area contributed by atoms with Gasteiger partial charge in [-0.05, 0) is 50.5 Å². The van der Waals surface area contributed by atoms with Gasteiger partial charge in [-0.25, -0.2) is 4.79 Å². The molecule has 0 saturated carbocycles. The number of halogens is 1. The first-order valence-corrected chi connectivity index (χ1v) is 9.96. The van der Waals surface area contributed by atoms with Crippen molar-refractivity contribution in [3.8, 4) is 0 Å². The quantitative estimate of drug-likeness (QED) is 0.532.